The Morgan fingerprint density at radius 3 is 2.12 bits per heavy atom. The van der Waals surface area contributed by atoms with E-state index in [0.29, 0.717) is 0 Å². The van der Waals surface area contributed by atoms with Crippen molar-refractivity contribution in [1.29, 1.82) is 0 Å². The number of halogens is 1. The SMILES string of the molecule is Cl.O=C([C@H]1CCCN1)N1CCCC(c2ccccc2)(c2ccccc2)C1. The van der Waals surface area contributed by atoms with Gasteiger partial charge in [0.05, 0.1) is 6.04 Å². The van der Waals surface area contributed by atoms with Crippen LogP contribution in [0.1, 0.15) is 36.8 Å². The van der Waals surface area contributed by atoms with Gasteiger partial charge in [0.2, 0.25) is 5.91 Å². The van der Waals surface area contributed by atoms with Gasteiger partial charge >= 0.3 is 0 Å². The standard InChI is InChI=1S/C22H26N2O.ClH/c25-21(20-13-7-15-23-20)24-16-8-14-22(17-24,18-9-3-1-4-10-18)19-11-5-2-6-12-19;/h1-6,9-12,20,23H,7-8,13-17H2;1H/t20-;/m1./s1. The highest BCUT2D eigenvalue weighted by Crippen LogP contribution is 2.40. The van der Waals surface area contributed by atoms with Gasteiger partial charge in [-0.25, -0.2) is 0 Å². The van der Waals surface area contributed by atoms with Crippen LogP contribution < -0.4 is 5.32 Å². The summed E-state index contributed by atoms with van der Waals surface area (Å²) in [7, 11) is 0. The Morgan fingerprint density at radius 1 is 0.962 bits per heavy atom. The van der Waals surface area contributed by atoms with Crippen LogP contribution in [0.2, 0.25) is 0 Å². The highest BCUT2D eigenvalue weighted by atomic mass is 35.5. The fraction of sp³-hybridized carbons (Fsp3) is 0.409. The average molecular weight is 371 g/mol. The summed E-state index contributed by atoms with van der Waals surface area (Å²) < 4.78 is 0. The van der Waals surface area contributed by atoms with Crippen LogP contribution in [-0.2, 0) is 10.2 Å². The number of rotatable bonds is 3. The van der Waals surface area contributed by atoms with Gasteiger partial charge in [-0.15, -0.1) is 12.4 Å². The van der Waals surface area contributed by atoms with Crippen molar-refractivity contribution in [3.05, 3.63) is 71.8 Å². The molecule has 138 valence electrons. The zero-order valence-electron chi connectivity index (χ0n) is 15.1. The molecule has 0 unspecified atom stereocenters. The quantitative estimate of drug-likeness (QED) is 0.892. The molecule has 2 heterocycles. The number of piperidine rings is 1. The van der Waals surface area contributed by atoms with Crippen LogP contribution in [-0.4, -0.2) is 36.5 Å². The fourth-order valence-corrected chi connectivity index (χ4v) is 4.51. The van der Waals surface area contributed by atoms with Gasteiger partial charge in [0.25, 0.3) is 0 Å². The third-order valence-corrected chi connectivity index (χ3v) is 5.82. The highest BCUT2D eigenvalue weighted by molar-refractivity contribution is 5.85. The number of carbonyl (C=O) groups excluding carboxylic acids is 1. The molecule has 4 heteroatoms. The summed E-state index contributed by atoms with van der Waals surface area (Å²) >= 11 is 0. The molecule has 4 rings (SSSR count). The predicted molar refractivity (Wildman–Crippen MR) is 108 cm³/mol. The number of hydrogen-bond donors (Lipinski definition) is 1. The second-order valence-electron chi connectivity index (χ2n) is 7.33. The van der Waals surface area contributed by atoms with Crippen LogP contribution in [0, 0.1) is 0 Å². The summed E-state index contributed by atoms with van der Waals surface area (Å²) in [5.74, 6) is 0.286. The van der Waals surface area contributed by atoms with Gasteiger partial charge in [0.15, 0.2) is 0 Å². The second-order valence-corrected chi connectivity index (χ2v) is 7.33. The Balaban J connectivity index is 0.00000196. The number of benzene rings is 2. The lowest BCUT2D eigenvalue weighted by Crippen LogP contribution is -2.53. The molecule has 3 nitrogen and oxygen atoms in total. The Labute approximate surface area is 162 Å². The van der Waals surface area contributed by atoms with Crippen molar-refractivity contribution < 1.29 is 4.79 Å². The summed E-state index contributed by atoms with van der Waals surface area (Å²) in [6.07, 6.45) is 4.21. The van der Waals surface area contributed by atoms with Crippen LogP contribution in [0.15, 0.2) is 60.7 Å². The number of hydrogen-bond acceptors (Lipinski definition) is 2. The largest absolute Gasteiger partial charge is 0.340 e. The lowest BCUT2D eigenvalue weighted by atomic mass is 9.69. The number of likely N-dealkylation sites (tertiary alicyclic amines) is 1. The molecule has 2 fully saturated rings. The molecule has 0 aromatic heterocycles. The van der Waals surface area contributed by atoms with E-state index in [9.17, 15) is 4.79 Å². The predicted octanol–water partition coefficient (Wildman–Crippen LogP) is 3.77. The Kier molecular flexibility index (Phi) is 6.00. The first-order chi connectivity index (χ1) is 12.3. The highest BCUT2D eigenvalue weighted by Gasteiger charge is 2.41. The van der Waals surface area contributed by atoms with E-state index >= 15 is 0 Å². The number of amides is 1. The zero-order valence-corrected chi connectivity index (χ0v) is 15.9. The van der Waals surface area contributed by atoms with Gasteiger partial charge in [-0.3, -0.25) is 4.79 Å². The average Bonchev–Trinajstić information content (AvgIpc) is 3.23. The number of nitrogens with one attached hydrogen (secondary N) is 1. The molecular formula is C22H27ClN2O. The summed E-state index contributed by atoms with van der Waals surface area (Å²) in [6.45, 7) is 2.61. The molecule has 2 aromatic rings. The molecule has 0 bridgehead atoms. The van der Waals surface area contributed by atoms with E-state index in [1.54, 1.807) is 0 Å². The Morgan fingerprint density at radius 2 is 1.58 bits per heavy atom. The Hall–Kier alpha value is -1.84. The van der Waals surface area contributed by atoms with Gasteiger partial charge in [0.1, 0.15) is 0 Å². The molecule has 0 saturated carbocycles. The molecule has 0 radical (unpaired) electrons. The third-order valence-electron chi connectivity index (χ3n) is 5.82. The number of carbonyl (C=O) groups is 1. The third kappa shape index (κ3) is 3.51. The van der Waals surface area contributed by atoms with Gasteiger partial charge < -0.3 is 10.2 Å². The van der Waals surface area contributed by atoms with E-state index in [1.807, 2.05) is 0 Å². The van der Waals surface area contributed by atoms with Crippen molar-refractivity contribution in [3.8, 4) is 0 Å². The molecule has 26 heavy (non-hydrogen) atoms. The maximum absolute atomic E-state index is 13.0. The summed E-state index contributed by atoms with van der Waals surface area (Å²) in [4.78, 5) is 15.1. The van der Waals surface area contributed by atoms with Crippen LogP contribution in [0.3, 0.4) is 0 Å². The molecule has 0 spiro atoms. The summed E-state index contributed by atoms with van der Waals surface area (Å²) in [5, 5.41) is 3.37. The molecular weight excluding hydrogens is 344 g/mol. The van der Waals surface area contributed by atoms with Crippen molar-refractivity contribution >= 4 is 18.3 Å². The Bertz CT molecular complexity index is 674. The van der Waals surface area contributed by atoms with Gasteiger partial charge in [-0.2, -0.15) is 0 Å². The first-order valence-electron chi connectivity index (χ1n) is 9.43. The lowest BCUT2D eigenvalue weighted by Gasteiger charge is -2.44. The maximum atomic E-state index is 13.0. The van der Waals surface area contributed by atoms with Crippen LogP contribution in [0.4, 0.5) is 0 Å². The van der Waals surface area contributed by atoms with E-state index < -0.39 is 0 Å². The molecule has 2 aliphatic rings. The normalized spacial score (nSPS) is 21.8. The number of nitrogens with zero attached hydrogens (tertiary/aromatic N) is 1. The second kappa shape index (κ2) is 8.24. The smallest absolute Gasteiger partial charge is 0.239 e. The van der Waals surface area contributed by atoms with Crippen molar-refractivity contribution in [2.75, 3.05) is 19.6 Å². The molecule has 2 aromatic carbocycles. The molecule has 2 aliphatic heterocycles. The maximum Gasteiger partial charge on any atom is 0.239 e. The summed E-state index contributed by atoms with van der Waals surface area (Å²) in [5.41, 5.74) is 2.53. The summed E-state index contributed by atoms with van der Waals surface area (Å²) in [6, 6.07) is 21.5. The van der Waals surface area contributed by atoms with Crippen molar-refractivity contribution in [3.63, 3.8) is 0 Å². The van der Waals surface area contributed by atoms with Gasteiger partial charge in [0, 0.05) is 18.5 Å². The minimum atomic E-state index is -0.102. The first-order valence-corrected chi connectivity index (χ1v) is 9.43. The topological polar surface area (TPSA) is 32.3 Å². The zero-order chi connectivity index (χ0) is 17.1. The van der Waals surface area contributed by atoms with Gasteiger partial charge in [-0.1, -0.05) is 60.7 Å². The fourth-order valence-electron chi connectivity index (χ4n) is 4.51. The van der Waals surface area contributed by atoms with E-state index in [1.165, 1.54) is 11.1 Å². The van der Waals surface area contributed by atoms with Crippen LogP contribution in [0.25, 0.3) is 0 Å². The van der Waals surface area contributed by atoms with E-state index in [4.69, 9.17) is 0 Å². The van der Waals surface area contributed by atoms with Crippen LogP contribution in [0.5, 0.6) is 0 Å². The minimum Gasteiger partial charge on any atom is -0.340 e. The van der Waals surface area contributed by atoms with Gasteiger partial charge in [-0.05, 0) is 43.4 Å². The van der Waals surface area contributed by atoms with Crippen LogP contribution >= 0.6 is 12.4 Å². The van der Waals surface area contributed by atoms with Crippen molar-refractivity contribution in [2.24, 2.45) is 0 Å². The lowest BCUT2D eigenvalue weighted by molar-refractivity contribution is -0.135. The van der Waals surface area contributed by atoms with E-state index in [0.717, 1.165) is 45.3 Å². The molecule has 1 amide bonds. The van der Waals surface area contributed by atoms with Crippen molar-refractivity contribution in [2.45, 2.75) is 37.1 Å². The van der Waals surface area contributed by atoms with Crippen molar-refractivity contribution in [1.82, 2.24) is 10.2 Å². The van der Waals surface area contributed by atoms with E-state index in [-0.39, 0.29) is 29.8 Å². The van der Waals surface area contributed by atoms with E-state index in [2.05, 4.69) is 70.9 Å². The minimum absolute atomic E-state index is 0. The first kappa shape index (κ1) is 18.9. The molecule has 1 atom stereocenters. The monoisotopic (exact) mass is 370 g/mol. The molecule has 2 saturated heterocycles. The molecule has 0 aliphatic carbocycles. The molecule has 1 N–H and O–H groups in total.